The number of anilines is 2. The van der Waals surface area contributed by atoms with Crippen LogP contribution in [-0.2, 0) is 17.5 Å². The molecule has 30 heavy (non-hydrogen) atoms. The number of para-hydroxylation sites is 1. The summed E-state index contributed by atoms with van der Waals surface area (Å²) in [6, 6.07) is 12.6. The number of carbonyl (C=O) groups is 1. The summed E-state index contributed by atoms with van der Waals surface area (Å²) >= 11 is 0. The number of alkyl halides is 3. The third-order valence-corrected chi connectivity index (χ3v) is 5.61. The maximum absolute atomic E-state index is 13.1. The van der Waals surface area contributed by atoms with Gasteiger partial charge in [0, 0.05) is 23.8 Å². The zero-order valence-electron chi connectivity index (χ0n) is 16.5. The Kier molecular flexibility index (Phi) is 5.22. The van der Waals surface area contributed by atoms with Crippen LogP contribution in [0.1, 0.15) is 36.8 Å². The molecule has 0 heterocycles. The summed E-state index contributed by atoms with van der Waals surface area (Å²) in [6.07, 6.45) is -0.704. The summed E-state index contributed by atoms with van der Waals surface area (Å²) < 4.78 is 39.4. The molecule has 2 aliphatic carbocycles. The highest BCUT2D eigenvalue weighted by Crippen LogP contribution is 2.42. The van der Waals surface area contributed by atoms with E-state index >= 15 is 0 Å². The maximum atomic E-state index is 13.1. The number of halogens is 3. The smallest absolute Gasteiger partial charge is 0.383 e. The molecule has 0 radical (unpaired) electrons. The van der Waals surface area contributed by atoms with E-state index in [1.807, 2.05) is 12.1 Å². The largest absolute Gasteiger partial charge is 0.418 e. The standard InChI is InChI=1S/C23H24F3N3O/c1-15(22(12-13-22)29-21(30)17-8-9-17)27-14-16-6-10-18(11-7-16)28-20-5-3-2-4-19(20)23(24,25)26/h2-7,10-11,17,27-28H,1,8-9,12-14H2,(H,29,30). The van der Waals surface area contributed by atoms with Gasteiger partial charge in [0.1, 0.15) is 0 Å². The fraction of sp³-hybridized carbons (Fsp3) is 0.348. The van der Waals surface area contributed by atoms with E-state index in [1.165, 1.54) is 12.1 Å². The number of rotatable bonds is 8. The Morgan fingerprint density at radius 2 is 1.73 bits per heavy atom. The quantitative estimate of drug-likeness (QED) is 0.562. The summed E-state index contributed by atoms with van der Waals surface area (Å²) in [6.45, 7) is 4.63. The molecule has 4 rings (SSSR count). The van der Waals surface area contributed by atoms with Crippen LogP contribution in [0.5, 0.6) is 0 Å². The van der Waals surface area contributed by atoms with Gasteiger partial charge in [-0.15, -0.1) is 0 Å². The number of benzene rings is 2. The minimum Gasteiger partial charge on any atom is -0.383 e. The Morgan fingerprint density at radius 3 is 2.33 bits per heavy atom. The highest BCUT2D eigenvalue weighted by atomic mass is 19.4. The first-order chi connectivity index (χ1) is 14.3. The lowest BCUT2D eigenvalue weighted by Crippen LogP contribution is -2.42. The van der Waals surface area contributed by atoms with Crippen LogP contribution >= 0.6 is 0 Å². The molecule has 3 N–H and O–H groups in total. The van der Waals surface area contributed by atoms with Crippen LogP contribution in [0, 0.1) is 5.92 Å². The Balaban J connectivity index is 1.33. The van der Waals surface area contributed by atoms with Gasteiger partial charge in [-0.05, 0) is 55.5 Å². The molecule has 0 aromatic heterocycles. The van der Waals surface area contributed by atoms with Gasteiger partial charge in [-0.1, -0.05) is 30.8 Å². The van der Waals surface area contributed by atoms with Gasteiger partial charge in [0.05, 0.1) is 16.8 Å². The summed E-state index contributed by atoms with van der Waals surface area (Å²) in [7, 11) is 0. The van der Waals surface area contributed by atoms with E-state index in [4.69, 9.17) is 0 Å². The maximum Gasteiger partial charge on any atom is 0.418 e. The van der Waals surface area contributed by atoms with Crippen molar-refractivity contribution >= 4 is 17.3 Å². The van der Waals surface area contributed by atoms with Crippen LogP contribution in [-0.4, -0.2) is 11.4 Å². The monoisotopic (exact) mass is 415 g/mol. The van der Waals surface area contributed by atoms with Gasteiger partial charge in [-0.25, -0.2) is 0 Å². The van der Waals surface area contributed by atoms with Crippen molar-refractivity contribution in [3.8, 4) is 0 Å². The third kappa shape index (κ3) is 4.61. The first-order valence-electron chi connectivity index (χ1n) is 10.0. The van der Waals surface area contributed by atoms with Crippen LogP contribution in [0.2, 0.25) is 0 Å². The van der Waals surface area contributed by atoms with E-state index in [9.17, 15) is 18.0 Å². The van der Waals surface area contributed by atoms with E-state index < -0.39 is 11.7 Å². The van der Waals surface area contributed by atoms with Crippen LogP contribution < -0.4 is 16.0 Å². The first-order valence-corrected chi connectivity index (χ1v) is 10.0. The Hall–Kier alpha value is -2.96. The summed E-state index contributed by atoms with van der Waals surface area (Å²) in [5, 5.41) is 9.24. The zero-order valence-corrected chi connectivity index (χ0v) is 16.5. The number of carbonyl (C=O) groups excluding carboxylic acids is 1. The fourth-order valence-electron chi connectivity index (χ4n) is 3.39. The second-order valence-electron chi connectivity index (χ2n) is 8.04. The number of hydrogen-bond donors (Lipinski definition) is 3. The van der Waals surface area contributed by atoms with Crippen molar-refractivity contribution in [2.24, 2.45) is 5.92 Å². The SMILES string of the molecule is C=C(NCc1ccc(Nc2ccccc2C(F)(F)F)cc1)C1(NC(=O)C2CC2)CC1. The molecule has 4 nitrogen and oxygen atoms in total. The molecule has 0 spiro atoms. The van der Waals surface area contributed by atoms with Gasteiger partial charge < -0.3 is 16.0 Å². The van der Waals surface area contributed by atoms with Crippen molar-refractivity contribution in [1.29, 1.82) is 0 Å². The van der Waals surface area contributed by atoms with Crippen LogP contribution in [0.4, 0.5) is 24.5 Å². The lowest BCUT2D eigenvalue weighted by molar-refractivity contribution is -0.137. The second-order valence-corrected chi connectivity index (χ2v) is 8.04. The Morgan fingerprint density at radius 1 is 1.07 bits per heavy atom. The van der Waals surface area contributed by atoms with E-state index in [2.05, 4.69) is 22.5 Å². The molecule has 0 unspecified atom stereocenters. The molecule has 7 heteroatoms. The molecule has 0 atom stereocenters. The molecule has 2 aromatic carbocycles. The molecule has 0 saturated heterocycles. The lowest BCUT2D eigenvalue weighted by Gasteiger charge is -2.22. The Bertz CT molecular complexity index is 945. The molecule has 2 saturated carbocycles. The number of amides is 1. The van der Waals surface area contributed by atoms with Crippen molar-refractivity contribution in [2.75, 3.05) is 5.32 Å². The molecule has 2 fully saturated rings. The highest BCUT2D eigenvalue weighted by Gasteiger charge is 2.48. The molecule has 1 amide bonds. The van der Waals surface area contributed by atoms with Gasteiger partial charge in [-0.3, -0.25) is 4.79 Å². The van der Waals surface area contributed by atoms with Gasteiger partial charge >= 0.3 is 6.18 Å². The minimum atomic E-state index is -4.42. The zero-order chi connectivity index (χ0) is 21.4. The summed E-state index contributed by atoms with van der Waals surface area (Å²) in [5.74, 6) is 0.280. The van der Waals surface area contributed by atoms with Gasteiger partial charge in [0.15, 0.2) is 0 Å². The highest BCUT2D eigenvalue weighted by molar-refractivity contribution is 5.82. The van der Waals surface area contributed by atoms with Gasteiger partial charge in [-0.2, -0.15) is 13.2 Å². The van der Waals surface area contributed by atoms with Crippen molar-refractivity contribution in [3.63, 3.8) is 0 Å². The van der Waals surface area contributed by atoms with Gasteiger partial charge in [0.25, 0.3) is 0 Å². The normalized spacial score (nSPS) is 17.2. The van der Waals surface area contributed by atoms with Crippen molar-refractivity contribution in [2.45, 2.75) is 43.9 Å². The summed E-state index contributed by atoms with van der Waals surface area (Å²) in [5.41, 5.74) is 1.33. The van der Waals surface area contributed by atoms with Crippen molar-refractivity contribution < 1.29 is 18.0 Å². The van der Waals surface area contributed by atoms with Crippen LogP contribution in [0.25, 0.3) is 0 Å². The fourth-order valence-corrected chi connectivity index (χ4v) is 3.39. The average Bonchev–Trinajstić information content (AvgIpc) is 3.61. The van der Waals surface area contributed by atoms with Crippen LogP contribution in [0.15, 0.2) is 60.8 Å². The van der Waals surface area contributed by atoms with E-state index in [1.54, 1.807) is 18.2 Å². The number of hydrogen-bond acceptors (Lipinski definition) is 3. The van der Waals surface area contributed by atoms with E-state index in [0.29, 0.717) is 12.2 Å². The van der Waals surface area contributed by atoms with Crippen molar-refractivity contribution in [3.05, 3.63) is 71.9 Å². The first kappa shape index (κ1) is 20.3. The molecule has 2 aliphatic rings. The average molecular weight is 415 g/mol. The molecule has 158 valence electrons. The van der Waals surface area contributed by atoms with Gasteiger partial charge in [0.2, 0.25) is 5.91 Å². The minimum absolute atomic E-state index is 0.0198. The lowest BCUT2D eigenvalue weighted by atomic mass is 10.1. The van der Waals surface area contributed by atoms with E-state index in [-0.39, 0.29) is 23.1 Å². The molecule has 2 aromatic rings. The molecular formula is C23H24F3N3O. The van der Waals surface area contributed by atoms with Crippen molar-refractivity contribution in [1.82, 2.24) is 10.6 Å². The predicted molar refractivity (Wildman–Crippen MR) is 110 cm³/mol. The topological polar surface area (TPSA) is 53.2 Å². The molecule has 0 bridgehead atoms. The predicted octanol–water partition coefficient (Wildman–Crippen LogP) is 5.11. The third-order valence-electron chi connectivity index (χ3n) is 5.61. The molecular weight excluding hydrogens is 391 g/mol. The number of nitrogens with one attached hydrogen (secondary N) is 3. The van der Waals surface area contributed by atoms with Crippen LogP contribution in [0.3, 0.4) is 0 Å². The van der Waals surface area contributed by atoms with E-state index in [0.717, 1.165) is 43.0 Å². The Labute approximate surface area is 173 Å². The molecule has 0 aliphatic heterocycles. The second kappa shape index (κ2) is 7.70. The summed E-state index contributed by atoms with van der Waals surface area (Å²) in [4.78, 5) is 12.1.